The number of hydrogen-bond acceptors (Lipinski definition) is 1. The van der Waals surface area contributed by atoms with E-state index in [1.807, 2.05) is 12.1 Å². The van der Waals surface area contributed by atoms with Crippen LogP contribution in [-0.4, -0.2) is 0 Å². The Balaban J connectivity index is 1.94. The highest BCUT2D eigenvalue weighted by atomic mass is 79.9. The summed E-state index contributed by atoms with van der Waals surface area (Å²) in [5.41, 5.74) is 2.24. The highest BCUT2D eigenvalue weighted by molar-refractivity contribution is 9.10. The van der Waals surface area contributed by atoms with Crippen molar-refractivity contribution in [1.29, 1.82) is 0 Å². The lowest BCUT2D eigenvalue weighted by Gasteiger charge is -2.15. The lowest BCUT2D eigenvalue weighted by molar-refractivity contribution is 0.151. The summed E-state index contributed by atoms with van der Waals surface area (Å²) in [5, 5.41) is 3.38. The molecule has 4 heteroatoms. The molecule has 0 unspecified atom stereocenters. The number of alkyl halides is 2. The second-order valence-corrected chi connectivity index (χ2v) is 5.62. The Labute approximate surface area is 126 Å². The van der Waals surface area contributed by atoms with Gasteiger partial charge in [-0.05, 0) is 30.2 Å². The standard InChI is InChI=1S/C16H16BrF2N/c1-11(14-3-2-4-15(17)9-14)20-10-12-5-7-13(8-6-12)16(18)19/h2-9,11,16,20H,10H2,1H3/t11-/m1/s1. The Morgan fingerprint density at radius 2 is 1.75 bits per heavy atom. The molecule has 0 aromatic heterocycles. The molecule has 1 atom stereocenters. The molecule has 0 saturated carbocycles. The zero-order valence-corrected chi connectivity index (χ0v) is 12.7. The van der Waals surface area contributed by atoms with E-state index in [1.54, 1.807) is 12.1 Å². The van der Waals surface area contributed by atoms with Crippen molar-refractivity contribution in [2.24, 2.45) is 0 Å². The summed E-state index contributed by atoms with van der Waals surface area (Å²) in [7, 11) is 0. The Hall–Kier alpha value is -1.26. The van der Waals surface area contributed by atoms with E-state index in [-0.39, 0.29) is 11.6 Å². The zero-order chi connectivity index (χ0) is 14.5. The molecule has 0 heterocycles. The molecule has 0 fully saturated rings. The third kappa shape index (κ3) is 4.12. The second kappa shape index (κ2) is 6.95. The SMILES string of the molecule is C[C@@H](NCc1ccc(C(F)F)cc1)c1cccc(Br)c1. The van der Waals surface area contributed by atoms with E-state index in [1.165, 1.54) is 17.7 Å². The summed E-state index contributed by atoms with van der Waals surface area (Å²) >= 11 is 3.45. The maximum Gasteiger partial charge on any atom is 0.263 e. The molecule has 106 valence electrons. The first-order chi connectivity index (χ1) is 9.56. The summed E-state index contributed by atoms with van der Waals surface area (Å²) < 4.78 is 26.0. The topological polar surface area (TPSA) is 12.0 Å². The predicted octanol–water partition coefficient (Wildman–Crippen LogP) is 5.24. The van der Waals surface area contributed by atoms with Crippen LogP contribution in [0.2, 0.25) is 0 Å². The van der Waals surface area contributed by atoms with Gasteiger partial charge in [0.25, 0.3) is 6.43 Å². The van der Waals surface area contributed by atoms with Gasteiger partial charge < -0.3 is 5.32 Å². The summed E-state index contributed by atoms with van der Waals surface area (Å²) in [6, 6.07) is 14.7. The normalized spacial score (nSPS) is 12.7. The summed E-state index contributed by atoms with van der Waals surface area (Å²) in [6.45, 7) is 2.73. The van der Waals surface area contributed by atoms with Crippen LogP contribution in [0, 0.1) is 0 Å². The summed E-state index contributed by atoms with van der Waals surface area (Å²) in [6.07, 6.45) is -2.40. The molecule has 2 aromatic rings. The van der Waals surface area contributed by atoms with Crippen LogP contribution < -0.4 is 5.32 Å². The summed E-state index contributed by atoms with van der Waals surface area (Å²) in [5.74, 6) is 0. The van der Waals surface area contributed by atoms with Gasteiger partial charge in [0, 0.05) is 22.6 Å². The lowest BCUT2D eigenvalue weighted by Crippen LogP contribution is -2.18. The van der Waals surface area contributed by atoms with Crippen LogP contribution in [0.4, 0.5) is 8.78 Å². The van der Waals surface area contributed by atoms with E-state index in [2.05, 4.69) is 40.3 Å². The fourth-order valence-corrected chi connectivity index (χ4v) is 2.36. The van der Waals surface area contributed by atoms with Gasteiger partial charge in [-0.15, -0.1) is 0 Å². The van der Waals surface area contributed by atoms with Crippen molar-refractivity contribution in [3.8, 4) is 0 Å². The predicted molar refractivity (Wildman–Crippen MR) is 80.8 cm³/mol. The van der Waals surface area contributed by atoms with Gasteiger partial charge >= 0.3 is 0 Å². The fraction of sp³-hybridized carbons (Fsp3) is 0.250. The summed E-state index contributed by atoms with van der Waals surface area (Å²) in [4.78, 5) is 0. The van der Waals surface area contributed by atoms with Crippen LogP contribution in [0.25, 0.3) is 0 Å². The minimum atomic E-state index is -2.40. The molecule has 0 saturated heterocycles. The molecule has 0 spiro atoms. The largest absolute Gasteiger partial charge is 0.306 e. The monoisotopic (exact) mass is 339 g/mol. The van der Waals surface area contributed by atoms with Gasteiger partial charge in [-0.25, -0.2) is 8.78 Å². The van der Waals surface area contributed by atoms with Crippen LogP contribution in [0.3, 0.4) is 0 Å². The minimum absolute atomic E-state index is 0.0637. The Morgan fingerprint density at radius 1 is 1.05 bits per heavy atom. The molecule has 0 radical (unpaired) electrons. The Kier molecular flexibility index (Phi) is 5.26. The third-order valence-corrected chi connectivity index (χ3v) is 3.69. The number of halogens is 3. The molecule has 0 aliphatic rings. The van der Waals surface area contributed by atoms with Crippen molar-refractivity contribution in [2.75, 3.05) is 0 Å². The molecule has 0 aliphatic heterocycles. The molecule has 1 N–H and O–H groups in total. The van der Waals surface area contributed by atoms with E-state index in [0.29, 0.717) is 6.54 Å². The van der Waals surface area contributed by atoms with Crippen LogP contribution in [0.1, 0.15) is 36.1 Å². The molecule has 0 aliphatic carbocycles. The highest BCUT2D eigenvalue weighted by Crippen LogP contribution is 2.20. The molecule has 1 nitrogen and oxygen atoms in total. The van der Waals surface area contributed by atoms with Crippen molar-refractivity contribution < 1.29 is 8.78 Å². The van der Waals surface area contributed by atoms with Gasteiger partial charge in [0.2, 0.25) is 0 Å². The van der Waals surface area contributed by atoms with Gasteiger partial charge in [-0.1, -0.05) is 52.3 Å². The first-order valence-electron chi connectivity index (χ1n) is 6.42. The number of hydrogen-bond donors (Lipinski definition) is 1. The second-order valence-electron chi connectivity index (χ2n) is 4.70. The van der Waals surface area contributed by atoms with E-state index in [4.69, 9.17) is 0 Å². The molecule has 0 bridgehead atoms. The van der Waals surface area contributed by atoms with Gasteiger partial charge in [0.1, 0.15) is 0 Å². The van der Waals surface area contributed by atoms with E-state index in [9.17, 15) is 8.78 Å². The first-order valence-corrected chi connectivity index (χ1v) is 7.21. The molecule has 0 amide bonds. The maximum atomic E-state index is 12.5. The van der Waals surface area contributed by atoms with Gasteiger partial charge in [0.15, 0.2) is 0 Å². The van der Waals surface area contributed by atoms with Crippen molar-refractivity contribution >= 4 is 15.9 Å². The first kappa shape index (κ1) is 15.1. The Morgan fingerprint density at radius 3 is 2.35 bits per heavy atom. The number of benzene rings is 2. The highest BCUT2D eigenvalue weighted by Gasteiger charge is 2.07. The smallest absolute Gasteiger partial charge is 0.263 e. The Bertz CT molecular complexity index is 555. The van der Waals surface area contributed by atoms with E-state index < -0.39 is 6.43 Å². The van der Waals surface area contributed by atoms with Crippen molar-refractivity contribution in [2.45, 2.75) is 25.9 Å². The van der Waals surface area contributed by atoms with Gasteiger partial charge in [-0.3, -0.25) is 0 Å². The maximum absolute atomic E-state index is 12.5. The molecule has 2 rings (SSSR count). The number of nitrogens with one attached hydrogen (secondary N) is 1. The average molecular weight is 340 g/mol. The zero-order valence-electron chi connectivity index (χ0n) is 11.1. The van der Waals surface area contributed by atoms with Crippen molar-refractivity contribution in [3.05, 3.63) is 69.7 Å². The van der Waals surface area contributed by atoms with Crippen LogP contribution in [0.15, 0.2) is 53.0 Å². The lowest BCUT2D eigenvalue weighted by atomic mass is 10.1. The number of rotatable bonds is 5. The molecule has 2 aromatic carbocycles. The van der Waals surface area contributed by atoms with Crippen LogP contribution in [-0.2, 0) is 6.54 Å². The van der Waals surface area contributed by atoms with Gasteiger partial charge in [0.05, 0.1) is 0 Å². The van der Waals surface area contributed by atoms with E-state index >= 15 is 0 Å². The average Bonchev–Trinajstić information content (AvgIpc) is 2.45. The molecule has 20 heavy (non-hydrogen) atoms. The molecular formula is C16H16BrF2N. The third-order valence-electron chi connectivity index (χ3n) is 3.19. The van der Waals surface area contributed by atoms with Gasteiger partial charge in [-0.2, -0.15) is 0 Å². The molecular weight excluding hydrogens is 324 g/mol. The van der Waals surface area contributed by atoms with E-state index in [0.717, 1.165) is 10.0 Å². The van der Waals surface area contributed by atoms with Crippen LogP contribution >= 0.6 is 15.9 Å². The van der Waals surface area contributed by atoms with Crippen LogP contribution in [0.5, 0.6) is 0 Å². The quantitative estimate of drug-likeness (QED) is 0.785. The van der Waals surface area contributed by atoms with Crippen molar-refractivity contribution in [1.82, 2.24) is 5.32 Å². The minimum Gasteiger partial charge on any atom is -0.306 e. The van der Waals surface area contributed by atoms with Crippen molar-refractivity contribution in [3.63, 3.8) is 0 Å². The fourth-order valence-electron chi connectivity index (χ4n) is 1.95.